The third-order valence-corrected chi connectivity index (χ3v) is 3.17. The molecule has 0 amide bonds. The summed E-state index contributed by atoms with van der Waals surface area (Å²) in [5.74, 6) is -0.113. The van der Waals surface area contributed by atoms with E-state index in [2.05, 4.69) is 4.90 Å². The van der Waals surface area contributed by atoms with E-state index in [1.54, 1.807) is 6.08 Å². The number of ether oxygens (including phenoxy) is 1. The molecule has 0 atom stereocenters. The van der Waals surface area contributed by atoms with Gasteiger partial charge in [0, 0.05) is 12.6 Å². The molecule has 19 heavy (non-hydrogen) atoms. The van der Waals surface area contributed by atoms with E-state index in [4.69, 9.17) is 9.84 Å². The van der Waals surface area contributed by atoms with Crippen LogP contribution in [0.2, 0.25) is 0 Å². The maximum Gasteiger partial charge on any atom is 0.328 e. The Morgan fingerprint density at radius 2 is 1.95 bits per heavy atom. The second-order valence-corrected chi connectivity index (χ2v) is 4.64. The van der Waals surface area contributed by atoms with Crippen molar-refractivity contribution in [3.8, 4) is 5.75 Å². The molecule has 0 aliphatic carbocycles. The zero-order valence-electron chi connectivity index (χ0n) is 10.9. The molecule has 1 heterocycles. The van der Waals surface area contributed by atoms with Gasteiger partial charge in [-0.1, -0.05) is 12.1 Å². The number of benzene rings is 1. The Labute approximate surface area is 113 Å². The van der Waals surface area contributed by atoms with Crippen LogP contribution in [-0.2, 0) is 4.79 Å². The van der Waals surface area contributed by atoms with Crippen LogP contribution in [0.4, 0.5) is 0 Å². The number of nitrogens with zero attached hydrogens (tertiary/aromatic N) is 1. The van der Waals surface area contributed by atoms with Crippen molar-refractivity contribution in [3.05, 3.63) is 35.9 Å². The van der Waals surface area contributed by atoms with E-state index in [9.17, 15) is 4.79 Å². The van der Waals surface area contributed by atoms with Crippen LogP contribution in [0.1, 0.15) is 18.4 Å². The van der Waals surface area contributed by atoms with Gasteiger partial charge in [0.05, 0.1) is 0 Å². The van der Waals surface area contributed by atoms with Crippen molar-refractivity contribution in [2.24, 2.45) is 0 Å². The monoisotopic (exact) mass is 261 g/mol. The fraction of sp³-hybridized carbons (Fsp3) is 0.400. The molecule has 1 fully saturated rings. The fourth-order valence-corrected chi connectivity index (χ4v) is 2.14. The van der Waals surface area contributed by atoms with Gasteiger partial charge in [-0.25, -0.2) is 4.79 Å². The molecule has 1 N–H and O–H groups in total. The molecular weight excluding hydrogens is 242 g/mol. The van der Waals surface area contributed by atoms with Gasteiger partial charge in [0.25, 0.3) is 0 Å². The number of hydrogen-bond donors (Lipinski definition) is 1. The molecule has 102 valence electrons. The highest BCUT2D eigenvalue weighted by Crippen LogP contribution is 2.13. The molecule has 1 aliphatic rings. The van der Waals surface area contributed by atoms with Crippen LogP contribution in [0, 0.1) is 0 Å². The lowest BCUT2D eigenvalue weighted by molar-refractivity contribution is -0.131. The van der Waals surface area contributed by atoms with Gasteiger partial charge in [-0.2, -0.15) is 0 Å². The molecule has 0 bridgehead atoms. The van der Waals surface area contributed by atoms with Crippen LogP contribution in [0.5, 0.6) is 5.75 Å². The summed E-state index contributed by atoms with van der Waals surface area (Å²) < 4.78 is 5.67. The number of carbonyl (C=O) groups is 1. The first-order chi connectivity index (χ1) is 9.24. The average molecular weight is 261 g/mol. The molecule has 1 aromatic carbocycles. The molecule has 0 spiro atoms. The second-order valence-electron chi connectivity index (χ2n) is 4.64. The van der Waals surface area contributed by atoms with Crippen LogP contribution < -0.4 is 4.74 Å². The number of rotatable bonds is 6. The van der Waals surface area contributed by atoms with Crippen LogP contribution in [-0.4, -0.2) is 42.2 Å². The summed E-state index contributed by atoms with van der Waals surface area (Å²) in [7, 11) is 0. The first-order valence-corrected chi connectivity index (χ1v) is 6.60. The zero-order chi connectivity index (χ0) is 13.5. The molecule has 2 rings (SSSR count). The Balaban J connectivity index is 1.76. The number of aliphatic carboxylic acids is 1. The minimum absolute atomic E-state index is 0.699. The van der Waals surface area contributed by atoms with E-state index >= 15 is 0 Å². The SMILES string of the molecule is O=C(O)C=Cc1ccc(OCCN2CCCC2)cc1. The van der Waals surface area contributed by atoms with Crippen LogP contribution in [0.25, 0.3) is 6.08 Å². The van der Waals surface area contributed by atoms with E-state index in [0.29, 0.717) is 6.61 Å². The van der Waals surface area contributed by atoms with E-state index < -0.39 is 5.97 Å². The van der Waals surface area contributed by atoms with Crippen LogP contribution in [0.3, 0.4) is 0 Å². The lowest BCUT2D eigenvalue weighted by Crippen LogP contribution is -2.25. The van der Waals surface area contributed by atoms with Crippen molar-refractivity contribution in [1.82, 2.24) is 4.90 Å². The summed E-state index contributed by atoms with van der Waals surface area (Å²) in [5, 5.41) is 8.53. The minimum Gasteiger partial charge on any atom is -0.492 e. The van der Waals surface area contributed by atoms with Crippen molar-refractivity contribution in [3.63, 3.8) is 0 Å². The smallest absolute Gasteiger partial charge is 0.328 e. The van der Waals surface area contributed by atoms with Crippen molar-refractivity contribution in [1.29, 1.82) is 0 Å². The molecule has 0 aromatic heterocycles. The summed E-state index contributed by atoms with van der Waals surface area (Å²) in [6, 6.07) is 7.44. The Morgan fingerprint density at radius 1 is 1.26 bits per heavy atom. The van der Waals surface area contributed by atoms with Gasteiger partial charge in [-0.3, -0.25) is 4.90 Å². The third-order valence-electron chi connectivity index (χ3n) is 3.17. The lowest BCUT2D eigenvalue weighted by atomic mass is 10.2. The van der Waals surface area contributed by atoms with Crippen molar-refractivity contribution >= 4 is 12.0 Å². The Bertz CT molecular complexity index is 433. The molecule has 1 saturated heterocycles. The number of likely N-dealkylation sites (tertiary alicyclic amines) is 1. The van der Waals surface area contributed by atoms with Crippen LogP contribution >= 0.6 is 0 Å². The summed E-state index contributed by atoms with van der Waals surface area (Å²) in [6.45, 7) is 4.04. The van der Waals surface area contributed by atoms with E-state index in [1.807, 2.05) is 24.3 Å². The highest BCUT2D eigenvalue weighted by molar-refractivity contribution is 5.85. The quantitative estimate of drug-likeness (QED) is 0.798. The number of hydrogen-bond acceptors (Lipinski definition) is 3. The maximum atomic E-state index is 10.4. The minimum atomic E-state index is -0.939. The molecular formula is C15H19NO3. The summed E-state index contributed by atoms with van der Waals surface area (Å²) in [4.78, 5) is 12.8. The molecule has 1 aromatic rings. The Morgan fingerprint density at radius 3 is 2.58 bits per heavy atom. The van der Waals surface area contributed by atoms with Crippen molar-refractivity contribution in [2.45, 2.75) is 12.8 Å². The molecule has 4 heteroatoms. The summed E-state index contributed by atoms with van der Waals surface area (Å²) >= 11 is 0. The topological polar surface area (TPSA) is 49.8 Å². The normalized spacial score (nSPS) is 16.0. The Kier molecular flexibility index (Phi) is 4.98. The molecule has 0 saturated carbocycles. The van der Waals surface area contributed by atoms with Gasteiger partial charge >= 0.3 is 5.97 Å². The van der Waals surface area contributed by atoms with Crippen LogP contribution in [0.15, 0.2) is 30.3 Å². The predicted molar refractivity (Wildman–Crippen MR) is 74.3 cm³/mol. The van der Waals surface area contributed by atoms with E-state index in [0.717, 1.165) is 23.9 Å². The number of carboxylic acid groups (broad SMARTS) is 1. The van der Waals surface area contributed by atoms with Gasteiger partial charge in [-0.05, 0) is 49.7 Å². The first-order valence-electron chi connectivity index (χ1n) is 6.60. The molecule has 4 nitrogen and oxygen atoms in total. The van der Waals surface area contributed by atoms with Gasteiger partial charge in [0.2, 0.25) is 0 Å². The van der Waals surface area contributed by atoms with E-state index in [-0.39, 0.29) is 0 Å². The predicted octanol–water partition coefficient (Wildman–Crippen LogP) is 2.26. The van der Waals surface area contributed by atoms with Gasteiger partial charge in [0.1, 0.15) is 12.4 Å². The van der Waals surface area contributed by atoms with Crippen molar-refractivity contribution in [2.75, 3.05) is 26.2 Å². The van der Waals surface area contributed by atoms with Gasteiger partial charge in [0.15, 0.2) is 0 Å². The lowest BCUT2D eigenvalue weighted by Gasteiger charge is -2.14. The Hall–Kier alpha value is -1.81. The van der Waals surface area contributed by atoms with E-state index in [1.165, 1.54) is 25.9 Å². The molecule has 0 unspecified atom stereocenters. The summed E-state index contributed by atoms with van der Waals surface area (Å²) in [6.07, 6.45) is 5.29. The zero-order valence-corrected chi connectivity index (χ0v) is 10.9. The standard InChI is InChI=1S/C15H19NO3/c17-15(18)8-5-13-3-6-14(7-4-13)19-12-11-16-9-1-2-10-16/h3-8H,1-2,9-12H2,(H,17,18). The first kappa shape index (κ1) is 13.6. The van der Waals surface area contributed by atoms with Gasteiger partial charge in [-0.15, -0.1) is 0 Å². The maximum absolute atomic E-state index is 10.4. The average Bonchev–Trinajstić information content (AvgIpc) is 2.91. The largest absolute Gasteiger partial charge is 0.492 e. The highest BCUT2D eigenvalue weighted by Gasteiger charge is 2.10. The fourth-order valence-electron chi connectivity index (χ4n) is 2.14. The van der Waals surface area contributed by atoms with Gasteiger partial charge < -0.3 is 9.84 Å². The molecule has 1 aliphatic heterocycles. The summed E-state index contributed by atoms with van der Waals surface area (Å²) in [5.41, 5.74) is 0.856. The second kappa shape index (κ2) is 6.95. The highest BCUT2D eigenvalue weighted by atomic mass is 16.5. The number of carboxylic acids is 1. The molecule has 0 radical (unpaired) electrons. The van der Waals surface area contributed by atoms with Crippen molar-refractivity contribution < 1.29 is 14.6 Å². The third kappa shape index (κ3) is 4.75.